The summed E-state index contributed by atoms with van der Waals surface area (Å²) in [7, 11) is 0. The molecule has 0 spiro atoms. The molecule has 5 rings (SSSR count). The van der Waals surface area contributed by atoms with Crippen LogP contribution in [0.3, 0.4) is 0 Å². The van der Waals surface area contributed by atoms with E-state index < -0.39 is 0 Å². The Hall–Kier alpha value is -3.52. The van der Waals surface area contributed by atoms with Crippen molar-refractivity contribution in [1.29, 1.82) is 0 Å². The van der Waals surface area contributed by atoms with E-state index in [9.17, 15) is 0 Å². The smallest absolute Gasteiger partial charge is 0.225 e. The van der Waals surface area contributed by atoms with E-state index in [4.69, 9.17) is 15.8 Å². The highest BCUT2D eigenvalue weighted by molar-refractivity contribution is 5.84. The van der Waals surface area contributed by atoms with Gasteiger partial charge < -0.3 is 15.5 Å². The van der Waals surface area contributed by atoms with E-state index in [1.165, 1.54) is 16.7 Å². The van der Waals surface area contributed by atoms with Crippen LogP contribution in [0.15, 0.2) is 42.7 Å². The lowest BCUT2D eigenvalue weighted by atomic mass is 9.96. The minimum Gasteiger partial charge on any atom is -0.352 e. The van der Waals surface area contributed by atoms with Gasteiger partial charge in [0.1, 0.15) is 5.82 Å². The number of anilines is 2. The summed E-state index contributed by atoms with van der Waals surface area (Å²) in [5.74, 6) is 1.90. The van der Waals surface area contributed by atoms with Crippen LogP contribution >= 0.6 is 0 Å². The Labute approximate surface area is 219 Å². The van der Waals surface area contributed by atoms with Crippen molar-refractivity contribution in [2.24, 2.45) is 5.73 Å². The normalized spacial score (nSPS) is 14.5. The molecule has 0 amide bonds. The number of aromatic nitrogens is 5. The van der Waals surface area contributed by atoms with E-state index in [1.54, 1.807) is 0 Å². The zero-order valence-electron chi connectivity index (χ0n) is 22.5. The number of fused-ring (bicyclic) bond motifs is 1. The predicted octanol–water partition coefficient (Wildman–Crippen LogP) is 4.50. The van der Waals surface area contributed by atoms with Crippen molar-refractivity contribution in [1.82, 2.24) is 24.6 Å². The van der Waals surface area contributed by atoms with Crippen LogP contribution in [0.1, 0.15) is 48.7 Å². The van der Waals surface area contributed by atoms with Crippen molar-refractivity contribution < 1.29 is 0 Å². The summed E-state index contributed by atoms with van der Waals surface area (Å²) < 4.78 is 2.07. The number of aryl methyl sites for hydroxylation is 4. The van der Waals surface area contributed by atoms with Crippen LogP contribution in [0, 0.1) is 20.8 Å². The van der Waals surface area contributed by atoms with E-state index in [1.807, 2.05) is 18.5 Å². The SMILES string of the molecule is CCCc1cc(N(CCN)C2CCN(c3ncccn3)CC2)n2nc(C)c(-c3c(C)cccc3C)c2n1. The topological polar surface area (TPSA) is 88.5 Å². The van der Waals surface area contributed by atoms with Crippen molar-refractivity contribution in [3.8, 4) is 11.1 Å². The van der Waals surface area contributed by atoms with Crippen molar-refractivity contribution in [2.75, 3.05) is 36.0 Å². The zero-order chi connectivity index (χ0) is 25.9. The number of hydrogen-bond donors (Lipinski definition) is 1. The molecule has 3 aromatic heterocycles. The Balaban J connectivity index is 1.57. The molecule has 1 aliphatic rings. The van der Waals surface area contributed by atoms with Crippen LogP contribution < -0.4 is 15.5 Å². The van der Waals surface area contributed by atoms with Gasteiger partial charge in [-0.05, 0) is 62.8 Å². The van der Waals surface area contributed by atoms with E-state index in [0.717, 1.165) is 79.7 Å². The van der Waals surface area contributed by atoms with Gasteiger partial charge in [-0.2, -0.15) is 9.61 Å². The van der Waals surface area contributed by atoms with Crippen molar-refractivity contribution in [2.45, 2.75) is 59.4 Å². The van der Waals surface area contributed by atoms with Gasteiger partial charge in [0.15, 0.2) is 5.65 Å². The predicted molar refractivity (Wildman–Crippen MR) is 150 cm³/mol. The summed E-state index contributed by atoms with van der Waals surface area (Å²) in [6.45, 7) is 11.8. The third kappa shape index (κ3) is 4.90. The maximum absolute atomic E-state index is 6.18. The Kier molecular flexibility index (Phi) is 7.37. The maximum Gasteiger partial charge on any atom is 0.225 e. The molecule has 0 radical (unpaired) electrons. The van der Waals surface area contributed by atoms with E-state index in [2.05, 4.69) is 76.2 Å². The molecular weight excluding hydrogens is 460 g/mol. The number of hydrogen-bond acceptors (Lipinski definition) is 7. The van der Waals surface area contributed by atoms with Crippen molar-refractivity contribution in [3.63, 3.8) is 0 Å². The molecule has 0 aliphatic carbocycles. The van der Waals surface area contributed by atoms with Gasteiger partial charge in [0.05, 0.1) is 11.3 Å². The van der Waals surface area contributed by atoms with Crippen LogP contribution in [0.5, 0.6) is 0 Å². The van der Waals surface area contributed by atoms with Gasteiger partial charge >= 0.3 is 0 Å². The molecule has 0 atom stereocenters. The molecule has 4 aromatic rings. The van der Waals surface area contributed by atoms with Gasteiger partial charge in [-0.25, -0.2) is 15.0 Å². The lowest BCUT2D eigenvalue weighted by Gasteiger charge is -2.39. The first-order valence-corrected chi connectivity index (χ1v) is 13.5. The monoisotopic (exact) mass is 498 g/mol. The highest BCUT2D eigenvalue weighted by Gasteiger charge is 2.29. The summed E-state index contributed by atoms with van der Waals surface area (Å²) in [6, 6.07) is 10.9. The van der Waals surface area contributed by atoms with E-state index in [0.29, 0.717) is 12.6 Å². The van der Waals surface area contributed by atoms with E-state index >= 15 is 0 Å². The minimum absolute atomic E-state index is 0.358. The van der Waals surface area contributed by atoms with Crippen LogP contribution in [0.4, 0.5) is 11.8 Å². The lowest BCUT2D eigenvalue weighted by molar-refractivity contribution is 0.457. The molecule has 194 valence electrons. The molecule has 2 N–H and O–H groups in total. The van der Waals surface area contributed by atoms with Crippen molar-refractivity contribution >= 4 is 17.4 Å². The van der Waals surface area contributed by atoms with Gasteiger partial charge in [0.2, 0.25) is 5.95 Å². The molecule has 8 nitrogen and oxygen atoms in total. The second-order valence-corrected chi connectivity index (χ2v) is 10.1. The van der Waals surface area contributed by atoms with Crippen LogP contribution in [0.2, 0.25) is 0 Å². The van der Waals surface area contributed by atoms with Crippen LogP contribution in [-0.2, 0) is 6.42 Å². The largest absolute Gasteiger partial charge is 0.352 e. The Bertz CT molecular complexity index is 1340. The first kappa shape index (κ1) is 25.1. The Morgan fingerprint density at radius 3 is 2.35 bits per heavy atom. The second-order valence-electron chi connectivity index (χ2n) is 10.1. The molecule has 1 aromatic carbocycles. The summed E-state index contributed by atoms with van der Waals surface area (Å²) in [4.78, 5) is 18.8. The molecule has 1 saturated heterocycles. The van der Waals surface area contributed by atoms with Gasteiger partial charge in [0.25, 0.3) is 0 Å². The fourth-order valence-corrected chi connectivity index (χ4v) is 5.70. The molecular formula is C29H38N8. The molecule has 37 heavy (non-hydrogen) atoms. The first-order valence-electron chi connectivity index (χ1n) is 13.5. The Morgan fingerprint density at radius 1 is 1.00 bits per heavy atom. The number of piperidine rings is 1. The summed E-state index contributed by atoms with van der Waals surface area (Å²) in [6.07, 6.45) is 7.61. The van der Waals surface area contributed by atoms with Gasteiger partial charge in [0, 0.05) is 56.4 Å². The summed E-state index contributed by atoms with van der Waals surface area (Å²) in [5, 5.41) is 5.07. The van der Waals surface area contributed by atoms with Gasteiger partial charge in [-0.3, -0.25) is 0 Å². The van der Waals surface area contributed by atoms with Gasteiger partial charge in [-0.1, -0.05) is 31.5 Å². The molecule has 1 fully saturated rings. The quantitative estimate of drug-likeness (QED) is 0.383. The fourth-order valence-electron chi connectivity index (χ4n) is 5.70. The summed E-state index contributed by atoms with van der Waals surface area (Å²) in [5.41, 5.74) is 14.1. The molecule has 0 bridgehead atoms. The number of nitrogens with two attached hydrogens (primary N) is 1. The Morgan fingerprint density at radius 2 is 1.70 bits per heavy atom. The minimum atomic E-state index is 0.358. The van der Waals surface area contributed by atoms with Crippen LogP contribution in [0.25, 0.3) is 16.8 Å². The van der Waals surface area contributed by atoms with E-state index in [-0.39, 0.29) is 0 Å². The second kappa shape index (κ2) is 10.8. The third-order valence-electron chi connectivity index (χ3n) is 7.44. The molecule has 1 aliphatic heterocycles. The zero-order valence-corrected chi connectivity index (χ0v) is 22.5. The van der Waals surface area contributed by atoms with Gasteiger partial charge in [-0.15, -0.1) is 0 Å². The number of benzene rings is 1. The number of nitrogens with zero attached hydrogens (tertiary/aromatic N) is 7. The first-order chi connectivity index (χ1) is 18.0. The fraction of sp³-hybridized carbons (Fsp3) is 0.448. The molecule has 0 saturated carbocycles. The molecule has 8 heteroatoms. The highest BCUT2D eigenvalue weighted by atomic mass is 15.4. The third-order valence-corrected chi connectivity index (χ3v) is 7.44. The molecule has 4 heterocycles. The number of rotatable bonds is 8. The standard InChI is InChI=1S/C29H38N8/c1-5-8-23-19-25(36(18-13-30)24-11-16-35(17-12-24)29-31-14-7-15-32-29)37-28(33-23)27(22(4)34-37)26-20(2)9-6-10-21(26)3/h6-7,9-10,14-15,19,24H,5,8,11-13,16-18,30H2,1-4H3. The summed E-state index contributed by atoms with van der Waals surface area (Å²) >= 11 is 0. The lowest BCUT2D eigenvalue weighted by Crippen LogP contribution is -2.47. The maximum atomic E-state index is 6.18. The highest BCUT2D eigenvalue weighted by Crippen LogP contribution is 2.35. The average Bonchev–Trinajstić information content (AvgIpc) is 3.23. The average molecular weight is 499 g/mol. The van der Waals surface area contributed by atoms with Crippen LogP contribution in [-0.4, -0.2) is 56.8 Å². The molecule has 0 unspecified atom stereocenters. The van der Waals surface area contributed by atoms with Crippen molar-refractivity contribution in [3.05, 3.63) is 65.2 Å².